The summed E-state index contributed by atoms with van der Waals surface area (Å²) in [5.41, 5.74) is 5.90. The zero-order chi connectivity index (χ0) is 13.5. The van der Waals surface area contributed by atoms with Crippen LogP contribution in [0.2, 0.25) is 0 Å². The first-order chi connectivity index (χ1) is 8.54. The van der Waals surface area contributed by atoms with E-state index >= 15 is 0 Å². The van der Waals surface area contributed by atoms with Crippen LogP contribution in [-0.4, -0.2) is 19.0 Å². The molecule has 6 heteroatoms. The number of halogens is 3. The standard InChI is InChI=1S/C12H16F3N3/c1-2-4-17-12(16)18-5-3-8-6-9(13)11(15)10(14)7-8/h6-7H,2-5H2,1H3,(H3,16,17,18). The fourth-order valence-electron chi connectivity index (χ4n) is 1.38. The van der Waals surface area contributed by atoms with Gasteiger partial charge in [0, 0.05) is 13.1 Å². The van der Waals surface area contributed by atoms with Crippen molar-refractivity contribution in [1.82, 2.24) is 5.32 Å². The fraction of sp³-hybridized carbons (Fsp3) is 0.417. The fourth-order valence-corrected chi connectivity index (χ4v) is 1.38. The highest BCUT2D eigenvalue weighted by Crippen LogP contribution is 2.13. The highest BCUT2D eigenvalue weighted by Gasteiger charge is 2.10. The quantitative estimate of drug-likeness (QED) is 0.482. The maximum atomic E-state index is 12.9. The highest BCUT2D eigenvalue weighted by atomic mass is 19.2. The van der Waals surface area contributed by atoms with Crippen LogP contribution in [0, 0.1) is 17.5 Å². The number of aliphatic imine (C=N–C) groups is 1. The number of nitrogens with two attached hydrogens (primary N) is 1. The second-order valence-corrected chi connectivity index (χ2v) is 3.82. The van der Waals surface area contributed by atoms with Crippen LogP contribution < -0.4 is 11.1 Å². The lowest BCUT2D eigenvalue weighted by Crippen LogP contribution is -2.33. The van der Waals surface area contributed by atoms with Gasteiger partial charge in [-0.3, -0.25) is 4.99 Å². The van der Waals surface area contributed by atoms with E-state index in [2.05, 4.69) is 10.3 Å². The van der Waals surface area contributed by atoms with Crippen molar-refractivity contribution in [3.8, 4) is 0 Å². The Morgan fingerprint density at radius 3 is 2.44 bits per heavy atom. The first-order valence-corrected chi connectivity index (χ1v) is 5.71. The average molecular weight is 259 g/mol. The predicted molar refractivity (Wildman–Crippen MR) is 64.8 cm³/mol. The summed E-state index contributed by atoms with van der Waals surface area (Å²) in [5.74, 6) is -3.52. The van der Waals surface area contributed by atoms with Gasteiger partial charge in [-0.15, -0.1) is 0 Å². The Morgan fingerprint density at radius 2 is 1.89 bits per heavy atom. The zero-order valence-electron chi connectivity index (χ0n) is 10.1. The van der Waals surface area contributed by atoms with Crippen molar-refractivity contribution in [3.05, 3.63) is 35.1 Å². The van der Waals surface area contributed by atoms with Gasteiger partial charge >= 0.3 is 0 Å². The summed E-state index contributed by atoms with van der Waals surface area (Å²) < 4.78 is 38.5. The Morgan fingerprint density at radius 1 is 1.28 bits per heavy atom. The smallest absolute Gasteiger partial charge is 0.194 e. The van der Waals surface area contributed by atoms with Gasteiger partial charge in [-0.05, 0) is 30.5 Å². The molecule has 0 bridgehead atoms. The van der Waals surface area contributed by atoms with Crippen molar-refractivity contribution in [3.63, 3.8) is 0 Å². The van der Waals surface area contributed by atoms with Gasteiger partial charge in [0.1, 0.15) is 0 Å². The van der Waals surface area contributed by atoms with Gasteiger partial charge < -0.3 is 11.1 Å². The molecule has 100 valence electrons. The maximum absolute atomic E-state index is 12.9. The Labute approximate surface area is 104 Å². The average Bonchev–Trinajstić information content (AvgIpc) is 2.33. The minimum Gasteiger partial charge on any atom is -0.370 e. The third-order valence-electron chi connectivity index (χ3n) is 2.27. The van der Waals surface area contributed by atoms with E-state index in [-0.39, 0.29) is 0 Å². The second kappa shape index (κ2) is 6.88. The number of rotatable bonds is 5. The van der Waals surface area contributed by atoms with Crippen LogP contribution in [0.4, 0.5) is 13.2 Å². The van der Waals surface area contributed by atoms with Crippen molar-refractivity contribution in [2.75, 3.05) is 13.1 Å². The van der Waals surface area contributed by atoms with Gasteiger partial charge in [0.25, 0.3) is 0 Å². The van der Waals surface area contributed by atoms with Gasteiger partial charge in [-0.2, -0.15) is 0 Å². The molecular weight excluding hydrogens is 243 g/mol. The molecule has 1 aromatic carbocycles. The van der Waals surface area contributed by atoms with E-state index < -0.39 is 17.5 Å². The molecule has 0 aliphatic rings. The van der Waals surface area contributed by atoms with Gasteiger partial charge in [-0.1, -0.05) is 6.92 Å². The van der Waals surface area contributed by atoms with Gasteiger partial charge in [0.15, 0.2) is 23.4 Å². The number of nitrogens with zero attached hydrogens (tertiary/aromatic N) is 1. The number of hydrogen-bond acceptors (Lipinski definition) is 1. The van der Waals surface area contributed by atoms with Gasteiger partial charge in [0.2, 0.25) is 0 Å². The lowest BCUT2D eigenvalue weighted by Gasteiger charge is -2.06. The Balaban J connectivity index is 2.49. The third kappa shape index (κ3) is 4.27. The molecule has 0 fully saturated rings. The minimum absolute atomic E-state index is 0.292. The molecule has 0 aliphatic heterocycles. The molecule has 0 saturated heterocycles. The van der Waals surface area contributed by atoms with Crippen LogP contribution in [0.15, 0.2) is 17.1 Å². The van der Waals surface area contributed by atoms with E-state index in [4.69, 9.17) is 5.73 Å². The topological polar surface area (TPSA) is 50.4 Å². The molecule has 0 radical (unpaired) electrons. The van der Waals surface area contributed by atoms with Crippen LogP contribution in [0.5, 0.6) is 0 Å². The molecule has 0 aliphatic carbocycles. The Hall–Kier alpha value is -1.72. The van der Waals surface area contributed by atoms with Crippen LogP contribution in [0.3, 0.4) is 0 Å². The third-order valence-corrected chi connectivity index (χ3v) is 2.27. The molecule has 0 atom stereocenters. The van der Waals surface area contributed by atoms with Gasteiger partial charge in [0.05, 0.1) is 0 Å². The van der Waals surface area contributed by atoms with E-state index in [1.807, 2.05) is 6.92 Å². The number of hydrogen-bond donors (Lipinski definition) is 2. The normalized spacial score (nSPS) is 11.7. The Bertz CT molecular complexity index is 410. The first-order valence-electron chi connectivity index (χ1n) is 5.71. The largest absolute Gasteiger partial charge is 0.370 e. The van der Waals surface area contributed by atoms with E-state index in [9.17, 15) is 13.2 Å². The summed E-state index contributed by atoms with van der Waals surface area (Å²) in [7, 11) is 0. The van der Waals surface area contributed by atoms with Crippen molar-refractivity contribution in [2.45, 2.75) is 19.8 Å². The van der Waals surface area contributed by atoms with Crippen LogP contribution in [-0.2, 0) is 6.42 Å². The van der Waals surface area contributed by atoms with E-state index in [1.165, 1.54) is 0 Å². The van der Waals surface area contributed by atoms with E-state index in [0.29, 0.717) is 31.0 Å². The predicted octanol–water partition coefficient (Wildman–Crippen LogP) is 1.96. The molecule has 0 unspecified atom stereocenters. The lowest BCUT2D eigenvalue weighted by molar-refractivity contribution is 0.445. The number of nitrogens with one attached hydrogen (secondary N) is 1. The van der Waals surface area contributed by atoms with Gasteiger partial charge in [-0.25, -0.2) is 13.2 Å². The summed E-state index contributed by atoms with van der Waals surface area (Å²) >= 11 is 0. The molecule has 1 aromatic rings. The molecule has 0 heterocycles. The number of benzene rings is 1. The monoisotopic (exact) mass is 259 g/mol. The van der Waals surface area contributed by atoms with Crippen molar-refractivity contribution in [1.29, 1.82) is 0 Å². The molecule has 0 saturated carbocycles. The highest BCUT2D eigenvalue weighted by molar-refractivity contribution is 5.77. The molecule has 0 aromatic heterocycles. The molecule has 0 amide bonds. The molecule has 1 rings (SSSR count). The summed E-state index contributed by atoms with van der Waals surface area (Å²) in [6, 6.07) is 1.94. The summed E-state index contributed by atoms with van der Waals surface area (Å²) in [5, 5.41) is 2.81. The van der Waals surface area contributed by atoms with Crippen LogP contribution in [0.25, 0.3) is 0 Å². The lowest BCUT2D eigenvalue weighted by atomic mass is 10.1. The van der Waals surface area contributed by atoms with Crippen LogP contribution in [0.1, 0.15) is 18.9 Å². The SMILES string of the molecule is CCCN=C(N)NCCc1cc(F)c(F)c(F)c1. The zero-order valence-corrected chi connectivity index (χ0v) is 10.1. The summed E-state index contributed by atoms with van der Waals surface area (Å²) in [4.78, 5) is 4.00. The maximum Gasteiger partial charge on any atom is 0.194 e. The summed E-state index contributed by atoms with van der Waals surface area (Å²) in [6.45, 7) is 2.98. The number of guanidine groups is 1. The van der Waals surface area contributed by atoms with E-state index in [1.54, 1.807) is 0 Å². The molecular formula is C12H16F3N3. The molecule has 18 heavy (non-hydrogen) atoms. The van der Waals surface area contributed by atoms with Crippen molar-refractivity contribution < 1.29 is 13.2 Å². The molecule has 0 spiro atoms. The van der Waals surface area contributed by atoms with E-state index in [0.717, 1.165) is 18.6 Å². The van der Waals surface area contributed by atoms with Crippen molar-refractivity contribution in [2.24, 2.45) is 10.7 Å². The first kappa shape index (κ1) is 14.3. The minimum atomic E-state index is -1.45. The molecule has 3 nitrogen and oxygen atoms in total. The second-order valence-electron chi connectivity index (χ2n) is 3.82. The summed E-state index contributed by atoms with van der Waals surface area (Å²) in [6.07, 6.45) is 1.22. The van der Waals surface area contributed by atoms with Crippen LogP contribution >= 0.6 is 0 Å². The Kier molecular flexibility index (Phi) is 5.48. The van der Waals surface area contributed by atoms with Crippen molar-refractivity contribution >= 4 is 5.96 Å². The molecule has 3 N–H and O–H groups in total.